The van der Waals surface area contributed by atoms with E-state index in [1.807, 2.05) is 0 Å². The van der Waals surface area contributed by atoms with Crippen LogP contribution in [0.3, 0.4) is 0 Å². The van der Waals surface area contributed by atoms with Gasteiger partial charge in [0.1, 0.15) is 36.5 Å². The van der Waals surface area contributed by atoms with Gasteiger partial charge in [0.05, 0.1) is 63.3 Å². The number of nitrogens with one attached hydrogen (secondary N) is 2. The standard InChI is InChI=1S/C68H130N2O23P2/c1-5-9-13-17-21-25-29-33-37-41-51(72)45-57(76)69-61-65(90-59(78)47-53(74)43-39-35-31-27-23-19-15-11-7-3)63(80)56(89-68(61)93-95(84,85)86)50-87-67-62(70-58(77)46-52(73)42-38-34-30-26-22-18-14-10-6-2)66(64(55(49-71)88-67)92-94(81,82)83)91-60(79)48-54(75)44-40-36-32-28-24-20-16-12-8-4/h51-56,61-68,71-75,80H,5-50H2,1-4H3,(H,69,76)(H,70,77)(H2,81,82,83)(H2,84,85,86)/t51-,52-,53-,54-,55-,56-,61-,62-,63-,64-,65-,66-,67-,68+/m1/s1. The third-order valence-corrected chi connectivity index (χ3v) is 18.8. The number of ether oxygens (including phenoxy) is 5. The summed E-state index contributed by atoms with van der Waals surface area (Å²) in [5.74, 6) is -4.01. The molecule has 2 heterocycles. The lowest BCUT2D eigenvalue weighted by atomic mass is 9.95. The van der Waals surface area contributed by atoms with Gasteiger partial charge in [-0.25, -0.2) is 9.13 Å². The second kappa shape index (κ2) is 53.6. The number of aliphatic hydroxyl groups excluding tert-OH is 6. The number of hydrogen-bond donors (Lipinski definition) is 12. The van der Waals surface area contributed by atoms with E-state index in [0.29, 0.717) is 25.7 Å². The third kappa shape index (κ3) is 43.2. The first-order chi connectivity index (χ1) is 45.4. The highest BCUT2D eigenvalue weighted by molar-refractivity contribution is 7.46. The summed E-state index contributed by atoms with van der Waals surface area (Å²) >= 11 is 0. The number of carbonyl (C=O) groups is 4. The number of phosphoric ester groups is 2. The van der Waals surface area contributed by atoms with E-state index in [2.05, 4.69) is 38.3 Å². The van der Waals surface area contributed by atoms with Crippen LogP contribution in [0.2, 0.25) is 0 Å². The van der Waals surface area contributed by atoms with Crippen molar-refractivity contribution in [1.29, 1.82) is 0 Å². The van der Waals surface area contributed by atoms with Crippen molar-refractivity contribution in [1.82, 2.24) is 10.6 Å². The van der Waals surface area contributed by atoms with Gasteiger partial charge in [0.15, 0.2) is 24.8 Å². The molecule has 2 saturated heterocycles. The molecule has 0 aromatic rings. The van der Waals surface area contributed by atoms with Gasteiger partial charge in [-0.05, 0) is 25.7 Å². The molecule has 2 fully saturated rings. The summed E-state index contributed by atoms with van der Waals surface area (Å²) < 4.78 is 65.3. The molecule has 2 rings (SSSR count). The molecule has 2 aliphatic heterocycles. The maximum atomic E-state index is 14.1. The quantitative estimate of drug-likeness (QED) is 0.0153. The van der Waals surface area contributed by atoms with Crippen molar-refractivity contribution in [2.75, 3.05) is 13.2 Å². The van der Waals surface area contributed by atoms with Crippen LogP contribution >= 0.6 is 15.6 Å². The van der Waals surface area contributed by atoms with Crippen LogP contribution in [0.4, 0.5) is 0 Å². The van der Waals surface area contributed by atoms with Crippen LogP contribution in [-0.2, 0) is 61.0 Å². The maximum absolute atomic E-state index is 14.1. The van der Waals surface area contributed by atoms with E-state index < -0.39 is 164 Å². The number of esters is 2. The van der Waals surface area contributed by atoms with Crippen LogP contribution in [0.5, 0.6) is 0 Å². The fraction of sp³-hybridized carbons (Fsp3) is 0.941. The average molecular weight is 1410 g/mol. The number of hydrogen-bond acceptors (Lipinski definition) is 19. The van der Waals surface area contributed by atoms with E-state index in [-0.39, 0.29) is 25.7 Å². The lowest BCUT2D eigenvalue weighted by molar-refractivity contribution is -0.296. The number of amides is 2. The Morgan fingerprint density at radius 1 is 0.400 bits per heavy atom. The summed E-state index contributed by atoms with van der Waals surface area (Å²) in [7, 11) is -11.2. The number of rotatable bonds is 60. The van der Waals surface area contributed by atoms with Crippen LogP contribution in [0.1, 0.15) is 310 Å². The summed E-state index contributed by atoms with van der Waals surface area (Å²) in [5.41, 5.74) is 0. The molecule has 0 saturated carbocycles. The number of carbonyl (C=O) groups excluding carboxylic acids is 4. The first-order valence-electron chi connectivity index (χ1n) is 36.8. The molecule has 14 atom stereocenters. The van der Waals surface area contributed by atoms with Gasteiger partial charge < -0.3 is 84.5 Å². The Kier molecular flexibility index (Phi) is 50.1. The van der Waals surface area contributed by atoms with Crippen molar-refractivity contribution in [3.8, 4) is 0 Å². The van der Waals surface area contributed by atoms with E-state index in [1.165, 1.54) is 51.4 Å². The van der Waals surface area contributed by atoms with Crippen LogP contribution in [0, 0.1) is 0 Å². The summed E-state index contributed by atoms with van der Waals surface area (Å²) in [4.78, 5) is 96.5. The van der Waals surface area contributed by atoms with Crippen molar-refractivity contribution < 1.29 is 111 Å². The number of phosphoric acid groups is 2. The number of unbranched alkanes of at least 4 members (excludes halogenated alkanes) is 32. The van der Waals surface area contributed by atoms with E-state index in [1.54, 1.807) is 0 Å². The highest BCUT2D eigenvalue weighted by Crippen LogP contribution is 2.44. The normalized spacial score (nSPS) is 23.0. The molecule has 0 spiro atoms. The molecule has 0 unspecified atom stereocenters. The first-order valence-corrected chi connectivity index (χ1v) is 39.9. The highest BCUT2D eigenvalue weighted by atomic mass is 31.2. The van der Waals surface area contributed by atoms with Crippen molar-refractivity contribution in [3.05, 3.63) is 0 Å². The van der Waals surface area contributed by atoms with Crippen LogP contribution in [0.25, 0.3) is 0 Å². The Bertz CT molecular complexity index is 2080. The zero-order valence-corrected chi connectivity index (χ0v) is 60.1. The van der Waals surface area contributed by atoms with Gasteiger partial charge in [-0.1, -0.05) is 259 Å². The lowest BCUT2D eigenvalue weighted by Crippen LogP contribution is -2.68. The predicted molar refractivity (Wildman–Crippen MR) is 360 cm³/mol. The zero-order valence-electron chi connectivity index (χ0n) is 58.3. The SMILES string of the molecule is CCCCCCCCCCC[C@@H](O)CC(=O)N[C@H]1[C@H](OC[C@H]2O[C@@H](OP(=O)(O)O)[C@H](NC(=O)C[C@H](O)CCCCCCCCCCC)[C@@H](OC(=O)C[C@H](O)CCCCCCCCCCC)[C@@H]2O)O[C@H](CO)[C@@H](OP(=O)(O)O)[C@@H]1OC(=O)C[C@H](O)CCCCCCCCCCC. The van der Waals surface area contributed by atoms with E-state index in [0.717, 1.165) is 154 Å². The molecule has 0 radical (unpaired) electrons. The molecule has 0 aliphatic carbocycles. The molecule has 2 aliphatic rings. The van der Waals surface area contributed by atoms with Gasteiger partial charge in [0.25, 0.3) is 0 Å². The minimum absolute atomic E-state index is 0.196. The molecule has 25 nitrogen and oxygen atoms in total. The Morgan fingerprint density at radius 2 is 0.695 bits per heavy atom. The molecular weight excluding hydrogens is 1270 g/mol. The fourth-order valence-electron chi connectivity index (χ4n) is 12.4. The van der Waals surface area contributed by atoms with Crippen molar-refractivity contribution in [2.45, 2.75) is 396 Å². The van der Waals surface area contributed by atoms with Gasteiger partial charge in [0.2, 0.25) is 11.8 Å². The summed E-state index contributed by atoms with van der Waals surface area (Å²) in [6.07, 6.45) is 13.8. The first kappa shape index (κ1) is 88.8. The topological polar surface area (TPSA) is 393 Å². The molecule has 0 aromatic carbocycles. The maximum Gasteiger partial charge on any atom is 0.472 e. The molecule has 27 heteroatoms. The van der Waals surface area contributed by atoms with Gasteiger partial charge in [-0.3, -0.25) is 28.2 Å². The van der Waals surface area contributed by atoms with Crippen LogP contribution in [-0.4, -0.2) is 173 Å². The molecule has 2 amide bonds. The van der Waals surface area contributed by atoms with Crippen LogP contribution in [0.15, 0.2) is 0 Å². The summed E-state index contributed by atoms with van der Waals surface area (Å²) in [6, 6.07) is -3.75. The molecule has 560 valence electrons. The lowest BCUT2D eigenvalue weighted by Gasteiger charge is -2.47. The molecule has 95 heavy (non-hydrogen) atoms. The highest BCUT2D eigenvalue weighted by Gasteiger charge is 2.55. The van der Waals surface area contributed by atoms with Gasteiger partial charge >= 0.3 is 27.6 Å². The molecule has 12 N–H and O–H groups in total. The van der Waals surface area contributed by atoms with E-state index in [9.17, 15) is 78.5 Å². The zero-order chi connectivity index (χ0) is 70.3. The summed E-state index contributed by atoms with van der Waals surface area (Å²) in [6.45, 7) is 6.55. The van der Waals surface area contributed by atoms with Crippen molar-refractivity contribution >= 4 is 39.4 Å². The largest absolute Gasteiger partial charge is 0.472 e. The Hall–Kier alpha value is -2.26. The van der Waals surface area contributed by atoms with Crippen molar-refractivity contribution in [3.63, 3.8) is 0 Å². The minimum Gasteiger partial charge on any atom is -0.457 e. The third-order valence-electron chi connectivity index (χ3n) is 17.8. The molecular formula is C68H130N2O23P2. The summed E-state index contributed by atoms with van der Waals surface area (Å²) in [5, 5.41) is 72.2. The Morgan fingerprint density at radius 3 is 1.02 bits per heavy atom. The van der Waals surface area contributed by atoms with Crippen LogP contribution < -0.4 is 10.6 Å². The van der Waals surface area contributed by atoms with Gasteiger partial charge in [-0.15, -0.1) is 0 Å². The monoisotopic (exact) mass is 1400 g/mol. The Labute approximate surface area is 568 Å². The second-order valence-electron chi connectivity index (χ2n) is 26.7. The van der Waals surface area contributed by atoms with Gasteiger partial charge in [-0.2, -0.15) is 0 Å². The molecule has 0 bridgehead atoms. The Balaban J connectivity index is 2.55. The smallest absolute Gasteiger partial charge is 0.457 e. The fourth-order valence-corrected chi connectivity index (χ4v) is 13.4. The molecule has 0 aromatic heterocycles. The predicted octanol–water partition coefficient (Wildman–Crippen LogP) is 10.9. The van der Waals surface area contributed by atoms with Gasteiger partial charge in [0, 0.05) is 0 Å². The van der Waals surface area contributed by atoms with E-state index in [4.69, 9.17) is 32.7 Å². The minimum atomic E-state index is -5.61. The number of aliphatic hydroxyl groups is 6. The van der Waals surface area contributed by atoms with Crippen molar-refractivity contribution in [2.24, 2.45) is 0 Å². The average Bonchev–Trinajstić information content (AvgIpc) is 0.788. The second-order valence-corrected chi connectivity index (χ2v) is 29.1. The van der Waals surface area contributed by atoms with E-state index >= 15 is 0 Å².